The number of carbonyl (C=O) groups excluding carboxylic acids is 1. The largest absolute Gasteiger partial charge is 0.443 e. The van der Waals surface area contributed by atoms with E-state index in [1.54, 1.807) is 12.1 Å². The van der Waals surface area contributed by atoms with Crippen molar-refractivity contribution in [1.29, 1.82) is 0 Å². The third-order valence-electron chi connectivity index (χ3n) is 4.54. The minimum atomic E-state index is -0.468. The van der Waals surface area contributed by atoms with Crippen molar-refractivity contribution in [1.82, 2.24) is 4.90 Å². The molecule has 0 bridgehead atoms. The molecule has 1 atom stereocenters. The van der Waals surface area contributed by atoms with Gasteiger partial charge >= 0.3 is 6.09 Å². The van der Waals surface area contributed by atoms with E-state index < -0.39 is 6.09 Å². The monoisotopic (exact) mass is 322 g/mol. The Kier molecular flexibility index (Phi) is 4.68. The second kappa shape index (κ2) is 6.72. The predicted molar refractivity (Wildman–Crippen MR) is 87.4 cm³/mol. The molecule has 0 spiro atoms. The Morgan fingerprint density at radius 1 is 1.30 bits per heavy atom. The van der Waals surface area contributed by atoms with Crippen LogP contribution in [0, 0.1) is 5.82 Å². The number of rotatable bonds is 4. The van der Waals surface area contributed by atoms with Crippen molar-refractivity contribution in [2.24, 2.45) is 5.73 Å². The highest BCUT2D eigenvalue weighted by Gasteiger charge is 2.32. The first-order valence-corrected chi connectivity index (χ1v) is 8.07. The highest BCUT2D eigenvalue weighted by atomic mass is 19.1. The first-order valence-electron chi connectivity index (χ1n) is 8.07. The highest BCUT2D eigenvalue weighted by Crippen LogP contribution is 2.28. The zero-order chi connectivity index (χ0) is 16.4. The number of amides is 1. The number of ether oxygens (including phenoxy) is 1. The van der Waals surface area contributed by atoms with E-state index in [1.165, 1.54) is 11.0 Å². The Hall–Kier alpha value is -1.86. The fourth-order valence-corrected chi connectivity index (χ4v) is 3.08. The molecular formula is C16H23FN4O2. The molecule has 2 aliphatic heterocycles. The highest BCUT2D eigenvalue weighted by molar-refractivity contribution is 5.90. The van der Waals surface area contributed by atoms with Crippen molar-refractivity contribution in [3.8, 4) is 0 Å². The van der Waals surface area contributed by atoms with Crippen molar-refractivity contribution < 1.29 is 13.9 Å². The van der Waals surface area contributed by atoms with Gasteiger partial charge in [0.05, 0.1) is 17.9 Å². The number of nitrogens with two attached hydrogens (primary N) is 1. The van der Waals surface area contributed by atoms with E-state index in [0.717, 1.165) is 32.7 Å². The van der Waals surface area contributed by atoms with E-state index in [9.17, 15) is 9.18 Å². The van der Waals surface area contributed by atoms with E-state index >= 15 is 0 Å². The maximum absolute atomic E-state index is 14.5. The van der Waals surface area contributed by atoms with Crippen LogP contribution >= 0.6 is 0 Å². The van der Waals surface area contributed by atoms with Crippen LogP contribution in [0.4, 0.5) is 20.6 Å². The summed E-state index contributed by atoms with van der Waals surface area (Å²) >= 11 is 0. The maximum Gasteiger partial charge on any atom is 0.414 e. The summed E-state index contributed by atoms with van der Waals surface area (Å²) in [6.07, 6.45) is -0.795. The SMILES string of the molecule is CCN1CCN(c2ccc(N3C[C@H](CN)OC3=O)cc2F)CC1. The number of piperazine rings is 1. The number of anilines is 2. The lowest BCUT2D eigenvalue weighted by atomic mass is 10.2. The van der Waals surface area contributed by atoms with E-state index in [0.29, 0.717) is 17.9 Å². The minimum absolute atomic E-state index is 0.268. The molecule has 7 heteroatoms. The fraction of sp³-hybridized carbons (Fsp3) is 0.562. The van der Waals surface area contributed by atoms with Crippen LogP contribution in [0.15, 0.2) is 18.2 Å². The number of cyclic esters (lactones) is 1. The van der Waals surface area contributed by atoms with Crippen LogP contribution in [0.3, 0.4) is 0 Å². The summed E-state index contributed by atoms with van der Waals surface area (Å²) in [6.45, 7) is 7.29. The molecule has 2 fully saturated rings. The minimum Gasteiger partial charge on any atom is -0.443 e. The molecule has 0 aliphatic carbocycles. The summed E-state index contributed by atoms with van der Waals surface area (Å²) in [5.74, 6) is -0.309. The van der Waals surface area contributed by atoms with Crippen LogP contribution in [0.1, 0.15) is 6.92 Å². The number of hydrogen-bond donors (Lipinski definition) is 1. The Morgan fingerprint density at radius 3 is 2.61 bits per heavy atom. The van der Waals surface area contributed by atoms with Gasteiger partial charge in [0.2, 0.25) is 0 Å². The molecule has 0 aromatic heterocycles. The molecule has 3 rings (SSSR count). The first-order chi connectivity index (χ1) is 11.1. The number of benzene rings is 1. The molecule has 1 amide bonds. The van der Waals surface area contributed by atoms with Crippen LogP contribution in [0.25, 0.3) is 0 Å². The molecule has 23 heavy (non-hydrogen) atoms. The van der Waals surface area contributed by atoms with Crippen molar-refractivity contribution in [3.05, 3.63) is 24.0 Å². The summed E-state index contributed by atoms with van der Waals surface area (Å²) in [7, 11) is 0. The topological polar surface area (TPSA) is 62.0 Å². The molecule has 2 aliphatic rings. The van der Waals surface area contributed by atoms with Crippen molar-refractivity contribution >= 4 is 17.5 Å². The quantitative estimate of drug-likeness (QED) is 0.904. The number of hydrogen-bond acceptors (Lipinski definition) is 5. The van der Waals surface area contributed by atoms with Gasteiger partial charge in [0.1, 0.15) is 11.9 Å². The van der Waals surface area contributed by atoms with Gasteiger partial charge in [-0.05, 0) is 24.7 Å². The molecule has 126 valence electrons. The second-order valence-corrected chi connectivity index (χ2v) is 5.91. The molecule has 1 aromatic carbocycles. The third kappa shape index (κ3) is 3.25. The van der Waals surface area contributed by atoms with Crippen LogP contribution < -0.4 is 15.5 Å². The third-order valence-corrected chi connectivity index (χ3v) is 4.54. The number of halogens is 1. The van der Waals surface area contributed by atoms with Gasteiger partial charge in [0.15, 0.2) is 0 Å². The van der Waals surface area contributed by atoms with Gasteiger partial charge < -0.3 is 20.3 Å². The molecule has 2 saturated heterocycles. The molecule has 1 aromatic rings. The van der Waals surface area contributed by atoms with E-state index in [-0.39, 0.29) is 18.5 Å². The summed E-state index contributed by atoms with van der Waals surface area (Å²) in [4.78, 5) is 17.6. The molecule has 2 heterocycles. The Labute approximate surface area is 135 Å². The molecule has 6 nitrogen and oxygen atoms in total. The van der Waals surface area contributed by atoms with Gasteiger partial charge in [-0.2, -0.15) is 0 Å². The van der Waals surface area contributed by atoms with Gasteiger partial charge in [-0.3, -0.25) is 4.90 Å². The van der Waals surface area contributed by atoms with Crippen LogP contribution in [0.2, 0.25) is 0 Å². The van der Waals surface area contributed by atoms with Crippen LogP contribution in [0.5, 0.6) is 0 Å². The maximum atomic E-state index is 14.5. The molecule has 0 unspecified atom stereocenters. The lowest BCUT2D eigenvalue weighted by Crippen LogP contribution is -2.46. The fourth-order valence-electron chi connectivity index (χ4n) is 3.08. The molecule has 0 radical (unpaired) electrons. The molecule has 0 saturated carbocycles. The van der Waals surface area contributed by atoms with E-state index in [4.69, 9.17) is 10.5 Å². The number of carbonyl (C=O) groups is 1. The second-order valence-electron chi connectivity index (χ2n) is 5.91. The normalized spacial score (nSPS) is 22.6. The number of nitrogens with zero attached hydrogens (tertiary/aromatic N) is 3. The van der Waals surface area contributed by atoms with Crippen molar-refractivity contribution in [2.45, 2.75) is 13.0 Å². The van der Waals surface area contributed by atoms with Gasteiger partial charge in [-0.15, -0.1) is 0 Å². The Bertz CT molecular complexity index is 575. The average Bonchev–Trinajstić information content (AvgIpc) is 2.96. The summed E-state index contributed by atoms with van der Waals surface area (Å²) in [6, 6.07) is 4.92. The van der Waals surface area contributed by atoms with Crippen LogP contribution in [-0.2, 0) is 4.74 Å². The zero-order valence-electron chi connectivity index (χ0n) is 13.4. The van der Waals surface area contributed by atoms with E-state index in [2.05, 4.69) is 16.7 Å². The molecular weight excluding hydrogens is 299 g/mol. The summed E-state index contributed by atoms with van der Waals surface area (Å²) in [5.41, 5.74) is 6.63. The number of likely N-dealkylation sites (N-methyl/N-ethyl adjacent to an activating group) is 1. The first kappa shape index (κ1) is 16.0. The predicted octanol–water partition coefficient (Wildman–Crippen LogP) is 1.25. The van der Waals surface area contributed by atoms with Gasteiger partial charge in [0.25, 0.3) is 0 Å². The lowest BCUT2D eigenvalue weighted by Gasteiger charge is -2.35. The smallest absolute Gasteiger partial charge is 0.414 e. The Morgan fingerprint density at radius 2 is 2.04 bits per heavy atom. The van der Waals surface area contributed by atoms with Crippen molar-refractivity contribution in [2.75, 3.05) is 55.6 Å². The lowest BCUT2D eigenvalue weighted by molar-refractivity contribution is 0.145. The Balaban J connectivity index is 1.73. The summed E-state index contributed by atoms with van der Waals surface area (Å²) < 4.78 is 19.6. The van der Waals surface area contributed by atoms with Gasteiger partial charge in [-0.1, -0.05) is 6.92 Å². The van der Waals surface area contributed by atoms with Crippen LogP contribution in [-0.4, -0.2) is 62.9 Å². The van der Waals surface area contributed by atoms with Gasteiger partial charge in [0, 0.05) is 32.7 Å². The zero-order valence-corrected chi connectivity index (χ0v) is 13.4. The van der Waals surface area contributed by atoms with E-state index in [1.807, 2.05) is 0 Å². The van der Waals surface area contributed by atoms with Gasteiger partial charge in [-0.25, -0.2) is 9.18 Å². The standard InChI is InChI=1S/C16H23FN4O2/c1-2-19-5-7-20(8-6-19)15-4-3-12(9-14(15)17)21-11-13(10-18)23-16(21)22/h3-4,9,13H,2,5-8,10-11,18H2,1H3/t13-/m0/s1. The summed E-state index contributed by atoms with van der Waals surface area (Å²) in [5, 5.41) is 0. The average molecular weight is 322 g/mol. The molecule has 2 N–H and O–H groups in total. The van der Waals surface area contributed by atoms with Crippen molar-refractivity contribution in [3.63, 3.8) is 0 Å².